The monoisotopic (exact) mass is 330 g/mol. The van der Waals surface area contributed by atoms with E-state index in [9.17, 15) is 14.0 Å². The normalized spacial score (nSPS) is 10.2. The van der Waals surface area contributed by atoms with Crippen molar-refractivity contribution in [2.24, 2.45) is 0 Å². The van der Waals surface area contributed by atoms with Crippen molar-refractivity contribution in [3.05, 3.63) is 65.7 Å². The standard InChI is InChI=1S/C18H19FN2O3/c1-2-24-17(22)8-11-21(13-14-6-9-20-10-7-14)18(23)15-4-3-5-16(19)12-15/h3-7,9-10,12H,2,8,11,13H2,1H3. The van der Waals surface area contributed by atoms with Crippen LogP contribution in [0.4, 0.5) is 4.39 Å². The number of carbonyl (C=O) groups excluding carboxylic acids is 2. The molecule has 24 heavy (non-hydrogen) atoms. The third kappa shape index (κ3) is 5.15. The van der Waals surface area contributed by atoms with Crippen LogP contribution in [0.1, 0.15) is 29.3 Å². The van der Waals surface area contributed by atoms with Gasteiger partial charge in [0, 0.05) is 31.0 Å². The van der Waals surface area contributed by atoms with Gasteiger partial charge in [0.15, 0.2) is 0 Å². The minimum atomic E-state index is -0.477. The molecule has 0 N–H and O–H groups in total. The van der Waals surface area contributed by atoms with Gasteiger partial charge in [-0.3, -0.25) is 14.6 Å². The zero-order chi connectivity index (χ0) is 17.4. The molecule has 0 bridgehead atoms. The fourth-order valence-corrected chi connectivity index (χ4v) is 2.22. The second-order valence-electron chi connectivity index (χ2n) is 5.15. The van der Waals surface area contributed by atoms with Crippen molar-refractivity contribution in [3.8, 4) is 0 Å². The average molecular weight is 330 g/mol. The fourth-order valence-electron chi connectivity index (χ4n) is 2.22. The van der Waals surface area contributed by atoms with Crippen LogP contribution < -0.4 is 0 Å². The molecule has 6 heteroatoms. The lowest BCUT2D eigenvalue weighted by Crippen LogP contribution is -2.33. The molecule has 1 amide bonds. The Morgan fingerprint density at radius 3 is 2.62 bits per heavy atom. The minimum Gasteiger partial charge on any atom is -0.466 e. The van der Waals surface area contributed by atoms with E-state index in [4.69, 9.17) is 4.74 Å². The molecule has 0 spiro atoms. The number of ether oxygens (including phenoxy) is 1. The first-order valence-electron chi connectivity index (χ1n) is 7.69. The van der Waals surface area contributed by atoms with E-state index in [2.05, 4.69) is 4.98 Å². The predicted octanol–water partition coefficient (Wildman–Crippen LogP) is 2.82. The Hall–Kier alpha value is -2.76. The first kappa shape index (κ1) is 17.6. The molecule has 126 valence electrons. The summed E-state index contributed by atoms with van der Waals surface area (Å²) in [5.41, 5.74) is 1.12. The van der Waals surface area contributed by atoms with Gasteiger partial charge >= 0.3 is 5.97 Å². The third-order valence-corrected chi connectivity index (χ3v) is 3.37. The van der Waals surface area contributed by atoms with Crippen LogP contribution in [0.3, 0.4) is 0 Å². The van der Waals surface area contributed by atoms with Crippen LogP contribution >= 0.6 is 0 Å². The Morgan fingerprint density at radius 2 is 1.96 bits per heavy atom. The van der Waals surface area contributed by atoms with Gasteiger partial charge in [-0.1, -0.05) is 6.07 Å². The van der Waals surface area contributed by atoms with Gasteiger partial charge in [0.25, 0.3) is 5.91 Å². The minimum absolute atomic E-state index is 0.0833. The van der Waals surface area contributed by atoms with Crippen molar-refractivity contribution in [3.63, 3.8) is 0 Å². The van der Waals surface area contributed by atoms with Crippen molar-refractivity contribution in [1.29, 1.82) is 0 Å². The highest BCUT2D eigenvalue weighted by Gasteiger charge is 2.18. The lowest BCUT2D eigenvalue weighted by molar-refractivity contribution is -0.143. The highest BCUT2D eigenvalue weighted by molar-refractivity contribution is 5.94. The molecule has 2 aromatic rings. The lowest BCUT2D eigenvalue weighted by atomic mass is 10.1. The molecular weight excluding hydrogens is 311 g/mol. The van der Waals surface area contributed by atoms with Crippen molar-refractivity contribution >= 4 is 11.9 Å². The number of carbonyl (C=O) groups is 2. The van der Waals surface area contributed by atoms with E-state index in [0.29, 0.717) is 13.2 Å². The number of hydrogen-bond acceptors (Lipinski definition) is 4. The van der Waals surface area contributed by atoms with Crippen molar-refractivity contribution in [1.82, 2.24) is 9.88 Å². The number of nitrogens with zero attached hydrogens (tertiary/aromatic N) is 2. The van der Waals surface area contributed by atoms with Crippen LogP contribution in [0.5, 0.6) is 0 Å². The van der Waals surface area contributed by atoms with E-state index in [0.717, 1.165) is 5.56 Å². The quantitative estimate of drug-likeness (QED) is 0.733. The Balaban J connectivity index is 2.14. The number of hydrogen-bond donors (Lipinski definition) is 0. The summed E-state index contributed by atoms with van der Waals surface area (Å²) in [5.74, 6) is -1.19. The van der Waals surface area contributed by atoms with Crippen LogP contribution in [0.2, 0.25) is 0 Å². The molecule has 1 aromatic heterocycles. The first-order valence-corrected chi connectivity index (χ1v) is 7.69. The van der Waals surface area contributed by atoms with E-state index < -0.39 is 5.82 Å². The Kier molecular flexibility index (Phi) is 6.42. The second-order valence-corrected chi connectivity index (χ2v) is 5.15. The van der Waals surface area contributed by atoms with Gasteiger partial charge in [0.05, 0.1) is 13.0 Å². The van der Waals surface area contributed by atoms with Crippen molar-refractivity contribution in [2.45, 2.75) is 19.9 Å². The summed E-state index contributed by atoms with van der Waals surface area (Å²) in [7, 11) is 0. The molecule has 0 saturated heterocycles. The summed E-state index contributed by atoms with van der Waals surface area (Å²) in [6.07, 6.45) is 3.34. The molecule has 2 rings (SSSR count). The lowest BCUT2D eigenvalue weighted by Gasteiger charge is -2.22. The number of aromatic nitrogens is 1. The van der Waals surface area contributed by atoms with Crippen molar-refractivity contribution < 1.29 is 18.7 Å². The number of halogens is 1. The zero-order valence-corrected chi connectivity index (χ0v) is 13.4. The number of amides is 1. The summed E-state index contributed by atoms with van der Waals surface area (Å²) in [6, 6.07) is 9.08. The van der Waals surface area contributed by atoms with Gasteiger partial charge in [0.2, 0.25) is 0 Å². The molecule has 0 fully saturated rings. The summed E-state index contributed by atoms with van der Waals surface area (Å²) < 4.78 is 18.3. The number of benzene rings is 1. The smallest absolute Gasteiger partial charge is 0.307 e. The topological polar surface area (TPSA) is 59.5 Å². The summed E-state index contributed by atoms with van der Waals surface area (Å²) in [5, 5.41) is 0. The van der Waals surface area contributed by atoms with E-state index in [1.807, 2.05) is 0 Å². The van der Waals surface area contributed by atoms with E-state index in [1.54, 1.807) is 37.5 Å². The largest absolute Gasteiger partial charge is 0.466 e. The van der Waals surface area contributed by atoms with Gasteiger partial charge in [-0.05, 0) is 42.8 Å². The zero-order valence-electron chi connectivity index (χ0n) is 13.4. The average Bonchev–Trinajstić information content (AvgIpc) is 2.59. The molecule has 0 unspecified atom stereocenters. The molecule has 0 saturated carbocycles. The fraction of sp³-hybridized carbons (Fsp3) is 0.278. The molecule has 0 aliphatic carbocycles. The van der Waals surface area contributed by atoms with Gasteiger partial charge in [-0.15, -0.1) is 0 Å². The van der Waals surface area contributed by atoms with Crippen LogP contribution in [0.15, 0.2) is 48.8 Å². The van der Waals surface area contributed by atoms with Gasteiger partial charge in [0.1, 0.15) is 5.82 Å². The molecule has 0 aliphatic heterocycles. The van der Waals surface area contributed by atoms with Crippen LogP contribution in [-0.4, -0.2) is 34.9 Å². The highest BCUT2D eigenvalue weighted by atomic mass is 19.1. The second kappa shape index (κ2) is 8.76. The molecule has 1 heterocycles. The van der Waals surface area contributed by atoms with Gasteiger partial charge in [-0.2, -0.15) is 0 Å². The molecule has 1 aromatic carbocycles. The van der Waals surface area contributed by atoms with E-state index >= 15 is 0 Å². The van der Waals surface area contributed by atoms with Crippen LogP contribution in [0, 0.1) is 5.82 Å². The summed E-state index contributed by atoms with van der Waals surface area (Å²) in [4.78, 5) is 29.7. The van der Waals surface area contributed by atoms with Crippen LogP contribution in [0.25, 0.3) is 0 Å². The molecular formula is C18H19FN2O3. The maximum Gasteiger partial charge on any atom is 0.307 e. The number of pyridine rings is 1. The molecule has 0 aliphatic rings. The Labute approximate surface area is 140 Å². The van der Waals surface area contributed by atoms with Crippen LogP contribution in [-0.2, 0) is 16.1 Å². The molecule has 0 radical (unpaired) electrons. The Bertz CT molecular complexity index is 692. The van der Waals surface area contributed by atoms with E-state index in [1.165, 1.54) is 23.1 Å². The van der Waals surface area contributed by atoms with Gasteiger partial charge in [-0.25, -0.2) is 4.39 Å². The number of rotatable bonds is 7. The first-order chi connectivity index (χ1) is 11.6. The maximum atomic E-state index is 13.4. The number of esters is 1. The molecule has 5 nitrogen and oxygen atoms in total. The van der Waals surface area contributed by atoms with E-state index in [-0.39, 0.29) is 30.4 Å². The van der Waals surface area contributed by atoms with Gasteiger partial charge < -0.3 is 9.64 Å². The van der Waals surface area contributed by atoms with Crippen molar-refractivity contribution in [2.75, 3.05) is 13.2 Å². The SMILES string of the molecule is CCOC(=O)CCN(Cc1ccncc1)C(=O)c1cccc(F)c1. The summed E-state index contributed by atoms with van der Waals surface area (Å²) >= 11 is 0. The Morgan fingerprint density at radius 1 is 1.21 bits per heavy atom. The molecule has 0 atom stereocenters. The maximum absolute atomic E-state index is 13.4. The highest BCUT2D eigenvalue weighted by Crippen LogP contribution is 2.12. The summed E-state index contributed by atoms with van der Waals surface area (Å²) in [6.45, 7) is 2.51. The third-order valence-electron chi connectivity index (χ3n) is 3.37. The predicted molar refractivity (Wildman–Crippen MR) is 86.6 cm³/mol.